The summed E-state index contributed by atoms with van der Waals surface area (Å²) >= 11 is 11.7. The zero-order valence-corrected chi connectivity index (χ0v) is 16.9. The van der Waals surface area contributed by atoms with Gasteiger partial charge in [0.25, 0.3) is 11.5 Å². The van der Waals surface area contributed by atoms with Crippen molar-refractivity contribution in [1.82, 2.24) is 9.99 Å². The molecule has 1 amide bonds. The molecule has 0 radical (unpaired) electrons. The third-order valence-electron chi connectivity index (χ3n) is 4.16. The number of aromatic nitrogens is 1. The number of phenolic OH excluding ortho intramolecular Hbond substituents is 1. The number of halogens is 2. The van der Waals surface area contributed by atoms with Crippen LogP contribution in [-0.4, -0.2) is 21.8 Å². The first kappa shape index (κ1) is 20.6. The van der Waals surface area contributed by atoms with Gasteiger partial charge in [0.05, 0.1) is 22.8 Å². The first-order chi connectivity index (χ1) is 13.8. The fourth-order valence-electron chi connectivity index (χ4n) is 2.61. The highest BCUT2D eigenvalue weighted by Gasteiger charge is 2.12. The van der Waals surface area contributed by atoms with Crippen LogP contribution in [0.1, 0.15) is 27.0 Å². The van der Waals surface area contributed by atoms with E-state index >= 15 is 0 Å². The molecule has 29 heavy (non-hydrogen) atoms. The predicted octanol–water partition coefficient (Wildman–Crippen LogP) is 3.98. The van der Waals surface area contributed by atoms with Crippen LogP contribution in [-0.2, 0) is 6.54 Å². The third kappa shape index (κ3) is 5.04. The number of pyridine rings is 1. The standard InChI is InChI=1S/C21H17Cl2N3O3/c1-13-4-6-14(7-5-13)12-26-8-2-3-16(21(26)29)20(28)25-24-11-15-9-17(22)19(27)18(23)10-15/h2-11,27H,12H2,1H3,(H,25,28)/b24-11-. The summed E-state index contributed by atoms with van der Waals surface area (Å²) in [7, 11) is 0. The molecule has 1 aromatic heterocycles. The molecule has 0 aliphatic rings. The summed E-state index contributed by atoms with van der Waals surface area (Å²) in [6.45, 7) is 2.34. The van der Waals surface area contributed by atoms with Crippen molar-refractivity contribution in [3.05, 3.63) is 97.4 Å². The van der Waals surface area contributed by atoms with Gasteiger partial charge < -0.3 is 9.67 Å². The maximum atomic E-state index is 12.6. The van der Waals surface area contributed by atoms with Crippen LogP contribution < -0.4 is 11.0 Å². The number of rotatable bonds is 5. The minimum Gasteiger partial charge on any atom is -0.505 e. The minimum atomic E-state index is -0.638. The molecule has 0 atom stereocenters. The van der Waals surface area contributed by atoms with E-state index in [1.807, 2.05) is 31.2 Å². The summed E-state index contributed by atoms with van der Waals surface area (Å²) in [6.07, 6.45) is 2.94. The summed E-state index contributed by atoms with van der Waals surface area (Å²) in [5.41, 5.74) is 4.42. The second-order valence-corrected chi connectivity index (χ2v) is 7.19. The fraction of sp³-hybridized carbons (Fsp3) is 0.0952. The van der Waals surface area contributed by atoms with Gasteiger partial charge >= 0.3 is 0 Å². The lowest BCUT2D eigenvalue weighted by molar-refractivity contribution is 0.0953. The highest BCUT2D eigenvalue weighted by molar-refractivity contribution is 6.37. The average molecular weight is 430 g/mol. The Labute approximate surface area is 177 Å². The maximum Gasteiger partial charge on any atom is 0.276 e. The Kier molecular flexibility index (Phi) is 6.36. The van der Waals surface area contributed by atoms with Gasteiger partial charge in [-0.3, -0.25) is 9.59 Å². The van der Waals surface area contributed by atoms with Crippen LogP contribution in [0.5, 0.6) is 5.75 Å². The van der Waals surface area contributed by atoms with Crippen LogP contribution in [0.3, 0.4) is 0 Å². The number of amides is 1. The van der Waals surface area contributed by atoms with Crippen molar-refractivity contribution in [2.45, 2.75) is 13.5 Å². The van der Waals surface area contributed by atoms with Gasteiger partial charge in [-0.25, -0.2) is 5.43 Å². The molecule has 6 nitrogen and oxygen atoms in total. The van der Waals surface area contributed by atoms with Crippen LogP contribution in [0.15, 0.2) is 64.6 Å². The lowest BCUT2D eigenvalue weighted by atomic mass is 10.1. The van der Waals surface area contributed by atoms with Crippen molar-refractivity contribution in [3.8, 4) is 5.75 Å². The molecule has 2 aromatic carbocycles. The molecule has 0 fully saturated rings. The van der Waals surface area contributed by atoms with Gasteiger partial charge in [0.15, 0.2) is 5.75 Å². The summed E-state index contributed by atoms with van der Waals surface area (Å²) in [6, 6.07) is 13.8. The molecule has 0 aliphatic carbocycles. The number of benzene rings is 2. The Hall–Kier alpha value is -3.09. The molecule has 3 aromatic rings. The Morgan fingerprint density at radius 3 is 2.48 bits per heavy atom. The molecule has 1 heterocycles. The van der Waals surface area contributed by atoms with E-state index in [0.717, 1.165) is 11.1 Å². The van der Waals surface area contributed by atoms with Crippen molar-refractivity contribution in [2.24, 2.45) is 5.10 Å². The number of carbonyl (C=O) groups is 1. The Morgan fingerprint density at radius 2 is 1.83 bits per heavy atom. The molecule has 0 saturated heterocycles. The molecule has 148 valence electrons. The van der Waals surface area contributed by atoms with Crippen molar-refractivity contribution in [1.29, 1.82) is 0 Å². The van der Waals surface area contributed by atoms with Gasteiger partial charge in [-0.15, -0.1) is 0 Å². The van der Waals surface area contributed by atoms with Crippen LogP contribution >= 0.6 is 23.2 Å². The zero-order valence-electron chi connectivity index (χ0n) is 15.4. The topological polar surface area (TPSA) is 83.7 Å². The number of nitrogens with one attached hydrogen (secondary N) is 1. The second kappa shape index (κ2) is 8.94. The van der Waals surface area contributed by atoms with Crippen molar-refractivity contribution >= 4 is 35.3 Å². The summed E-state index contributed by atoms with van der Waals surface area (Å²) in [5.74, 6) is -0.867. The minimum absolute atomic E-state index is 0.0291. The molecule has 3 rings (SSSR count). The number of hydrogen-bond acceptors (Lipinski definition) is 4. The number of aryl methyl sites for hydroxylation is 1. The summed E-state index contributed by atoms with van der Waals surface area (Å²) in [4.78, 5) is 25.0. The number of phenols is 1. The smallest absolute Gasteiger partial charge is 0.276 e. The third-order valence-corrected chi connectivity index (χ3v) is 4.73. The molecule has 0 saturated carbocycles. The first-order valence-corrected chi connectivity index (χ1v) is 9.37. The monoisotopic (exact) mass is 429 g/mol. The molecular weight excluding hydrogens is 413 g/mol. The number of hydrogen-bond donors (Lipinski definition) is 2. The van der Waals surface area contributed by atoms with E-state index in [1.165, 1.54) is 29.0 Å². The van der Waals surface area contributed by atoms with Crippen LogP contribution in [0.25, 0.3) is 0 Å². The van der Waals surface area contributed by atoms with E-state index in [1.54, 1.807) is 12.3 Å². The summed E-state index contributed by atoms with van der Waals surface area (Å²) < 4.78 is 1.46. The molecule has 0 aliphatic heterocycles. The fourth-order valence-corrected chi connectivity index (χ4v) is 3.11. The van der Waals surface area contributed by atoms with Gasteiger partial charge in [-0.2, -0.15) is 5.10 Å². The SMILES string of the molecule is Cc1ccc(Cn2cccc(C(=O)N/N=C\c3cc(Cl)c(O)c(Cl)c3)c2=O)cc1. The molecule has 8 heteroatoms. The van der Waals surface area contributed by atoms with Gasteiger partial charge in [-0.1, -0.05) is 53.0 Å². The summed E-state index contributed by atoms with van der Waals surface area (Å²) in [5, 5.41) is 13.5. The highest BCUT2D eigenvalue weighted by Crippen LogP contribution is 2.32. The van der Waals surface area contributed by atoms with Gasteiger partial charge in [0.1, 0.15) is 5.56 Å². The maximum absolute atomic E-state index is 12.6. The van der Waals surface area contributed by atoms with Crippen LogP contribution in [0.2, 0.25) is 10.0 Å². The van der Waals surface area contributed by atoms with E-state index in [9.17, 15) is 14.7 Å². The van der Waals surface area contributed by atoms with E-state index in [-0.39, 0.29) is 21.4 Å². The van der Waals surface area contributed by atoms with Gasteiger partial charge in [0, 0.05) is 6.20 Å². The van der Waals surface area contributed by atoms with Crippen molar-refractivity contribution < 1.29 is 9.90 Å². The zero-order chi connectivity index (χ0) is 21.0. The molecular formula is C21H17Cl2N3O3. The van der Waals surface area contributed by atoms with Gasteiger partial charge in [-0.05, 0) is 42.3 Å². The van der Waals surface area contributed by atoms with Crippen molar-refractivity contribution in [2.75, 3.05) is 0 Å². The van der Waals surface area contributed by atoms with E-state index in [4.69, 9.17) is 23.2 Å². The van der Waals surface area contributed by atoms with Crippen LogP contribution in [0, 0.1) is 6.92 Å². The number of aromatic hydroxyl groups is 1. The molecule has 0 spiro atoms. The lowest BCUT2D eigenvalue weighted by Crippen LogP contribution is -2.30. The Morgan fingerprint density at radius 1 is 1.17 bits per heavy atom. The quantitative estimate of drug-likeness (QED) is 0.475. The van der Waals surface area contributed by atoms with E-state index in [0.29, 0.717) is 12.1 Å². The molecule has 2 N–H and O–H groups in total. The van der Waals surface area contributed by atoms with Crippen LogP contribution in [0.4, 0.5) is 0 Å². The lowest BCUT2D eigenvalue weighted by Gasteiger charge is -2.08. The largest absolute Gasteiger partial charge is 0.505 e. The van der Waals surface area contributed by atoms with Crippen molar-refractivity contribution in [3.63, 3.8) is 0 Å². The number of hydrazone groups is 1. The normalized spacial score (nSPS) is 11.0. The molecule has 0 bridgehead atoms. The van der Waals surface area contributed by atoms with E-state index in [2.05, 4.69) is 10.5 Å². The van der Waals surface area contributed by atoms with E-state index < -0.39 is 11.5 Å². The predicted molar refractivity (Wildman–Crippen MR) is 114 cm³/mol. The number of carbonyl (C=O) groups excluding carboxylic acids is 1. The number of nitrogens with zero attached hydrogens (tertiary/aromatic N) is 2. The second-order valence-electron chi connectivity index (χ2n) is 6.37. The first-order valence-electron chi connectivity index (χ1n) is 8.61. The Bertz CT molecular complexity index is 1120. The highest BCUT2D eigenvalue weighted by atomic mass is 35.5. The van der Waals surface area contributed by atoms with Gasteiger partial charge in [0.2, 0.25) is 0 Å². The Balaban J connectivity index is 1.74. The molecule has 0 unspecified atom stereocenters. The average Bonchev–Trinajstić information content (AvgIpc) is 2.69.